The molecule has 118 valence electrons. The van der Waals surface area contributed by atoms with Crippen LogP contribution in [-0.4, -0.2) is 50.3 Å². The van der Waals surface area contributed by atoms with Gasteiger partial charge in [0.25, 0.3) is 0 Å². The molecule has 0 spiro atoms. The van der Waals surface area contributed by atoms with Crippen LogP contribution in [0.5, 0.6) is 0 Å². The van der Waals surface area contributed by atoms with Gasteiger partial charge in [0.05, 0.1) is 0 Å². The van der Waals surface area contributed by atoms with Gasteiger partial charge < -0.3 is 15.0 Å². The lowest BCUT2D eigenvalue weighted by Crippen LogP contribution is -2.51. The average Bonchev–Trinajstić information content (AvgIpc) is 2.32. The molecule has 2 aliphatic rings. The Balaban J connectivity index is 1.87. The predicted octanol–water partition coefficient (Wildman–Crippen LogP) is 2.90. The maximum Gasteiger partial charge on any atom is 0.0472 e. The number of rotatable bonds is 6. The summed E-state index contributed by atoms with van der Waals surface area (Å²) in [4.78, 5) is 2.58. The fourth-order valence-electron chi connectivity index (χ4n) is 3.40. The highest BCUT2D eigenvalue weighted by Crippen LogP contribution is 2.33. The topological polar surface area (TPSA) is 24.5 Å². The number of hydrogen-bond donors (Lipinski definition) is 1. The molecule has 2 rings (SSSR count). The van der Waals surface area contributed by atoms with E-state index in [4.69, 9.17) is 4.74 Å². The van der Waals surface area contributed by atoms with Crippen LogP contribution in [0.2, 0.25) is 0 Å². The molecule has 0 unspecified atom stereocenters. The van der Waals surface area contributed by atoms with E-state index in [0.717, 1.165) is 25.7 Å². The highest BCUT2D eigenvalue weighted by Gasteiger charge is 2.35. The normalized spacial score (nSPS) is 23.9. The molecule has 0 radical (unpaired) electrons. The lowest BCUT2D eigenvalue weighted by atomic mass is 9.78. The summed E-state index contributed by atoms with van der Waals surface area (Å²) in [6.07, 6.45) is 6.74. The largest absolute Gasteiger partial charge is 0.381 e. The average molecular weight is 282 g/mol. The van der Waals surface area contributed by atoms with Crippen molar-refractivity contribution in [2.24, 2.45) is 11.3 Å². The Hall–Kier alpha value is -0.120. The van der Waals surface area contributed by atoms with Crippen molar-refractivity contribution in [1.82, 2.24) is 10.2 Å². The molecule has 1 heterocycles. The zero-order chi connectivity index (χ0) is 14.6. The molecule has 3 nitrogen and oxygen atoms in total. The molecule has 1 aliphatic carbocycles. The summed E-state index contributed by atoms with van der Waals surface area (Å²) < 4.78 is 5.61. The van der Waals surface area contributed by atoms with E-state index < -0.39 is 0 Å². The minimum absolute atomic E-state index is 0.206. The third kappa shape index (κ3) is 5.01. The first-order chi connectivity index (χ1) is 9.39. The molecule has 2 fully saturated rings. The highest BCUT2D eigenvalue weighted by molar-refractivity contribution is 4.89. The van der Waals surface area contributed by atoms with Crippen molar-refractivity contribution in [3.63, 3.8) is 0 Å². The molecule has 3 heteroatoms. The standard InChI is InChI=1S/C17H34N2O/c1-16(2,3)18-13-17(8-10-20-11-9-17)14-19(4)12-15-6-5-7-15/h15,18H,5-14H2,1-4H3. The summed E-state index contributed by atoms with van der Waals surface area (Å²) in [7, 11) is 2.31. The molecular formula is C17H34N2O. The quantitative estimate of drug-likeness (QED) is 0.811. The number of nitrogens with one attached hydrogen (secondary N) is 1. The lowest BCUT2D eigenvalue weighted by Gasteiger charge is -2.43. The summed E-state index contributed by atoms with van der Waals surface area (Å²) in [5.74, 6) is 0.965. The van der Waals surface area contributed by atoms with E-state index >= 15 is 0 Å². The van der Waals surface area contributed by atoms with Crippen LogP contribution >= 0.6 is 0 Å². The third-order valence-electron chi connectivity index (χ3n) is 4.95. The van der Waals surface area contributed by atoms with E-state index in [1.165, 1.54) is 45.2 Å². The van der Waals surface area contributed by atoms with Crippen LogP contribution in [0, 0.1) is 11.3 Å². The molecular weight excluding hydrogens is 248 g/mol. The van der Waals surface area contributed by atoms with Crippen molar-refractivity contribution in [3.8, 4) is 0 Å². The lowest BCUT2D eigenvalue weighted by molar-refractivity contribution is -0.00676. The van der Waals surface area contributed by atoms with Crippen molar-refractivity contribution in [1.29, 1.82) is 0 Å². The van der Waals surface area contributed by atoms with Gasteiger partial charge in [-0.25, -0.2) is 0 Å². The molecule has 0 aromatic heterocycles. The van der Waals surface area contributed by atoms with Crippen LogP contribution in [0.3, 0.4) is 0 Å². The van der Waals surface area contributed by atoms with Gasteiger partial charge in [0, 0.05) is 38.4 Å². The SMILES string of the molecule is CN(CC1CCC1)CC1(CNC(C)(C)C)CCOCC1. The third-order valence-corrected chi connectivity index (χ3v) is 4.95. The molecule has 0 aromatic rings. The van der Waals surface area contributed by atoms with Gasteiger partial charge in [0.1, 0.15) is 0 Å². The molecule has 1 saturated carbocycles. The Morgan fingerprint density at radius 1 is 1.20 bits per heavy atom. The number of hydrogen-bond acceptors (Lipinski definition) is 3. The molecule has 0 aromatic carbocycles. The van der Waals surface area contributed by atoms with Gasteiger partial charge in [0.15, 0.2) is 0 Å². The molecule has 1 aliphatic heterocycles. The van der Waals surface area contributed by atoms with Crippen LogP contribution in [0.4, 0.5) is 0 Å². The Morgan fingerprint density at radius 2 is 1.85 bits per heavy atom. The zero-order valence-corrected chi connectivity index (χ0v) is 14.0. The first-order valence-corrected chi connectivity index (χ1v) is 8.40. The van der Waals surface area contributed by atoms with Crippen LogP contribution in [0.1, 0.15) is 52.9 Å². The highest BCUT2D eigenvalue weighted by atomic mass is 16.5. The Morgan fingerprint density at radius 3 is 2.35 bits per heavy atom. The van der Waals surface area contributed by atoms with Crippen LogP contribution < -0.4 is 5.32 Å². The van der Waals surface area contributed by atoms with Crippen molar-refractivity contribution >= 4 is 0 Å². The molecule has 0 atom stereocenters. The predicted molar refractivity (Wildman–Crippen MR) is 85.1 cm³/mol. The van der Waals surface area contributed by atoms with Gasteiger partial charge in [-0.15, -0.1) is 0 Å². The van der Waals surface area contributed by atoms with E-state index in [1.54, 1.807) is 0 Å². The maximum absolute atomic E-state index is 5.61. The second kappa shape index (κ2) is 6.76. The minimum Gasteiger partial charge on any atom is -0.381 e. The van der Waals surface area contributed by atoms with Crippen molar-refractivity contribution in [2.75, 3.05) is 39.9 Å². The first kappa shape index (κ1) is 16.3. The van der Waals surface area contributed by atoms with E-state index in [-0.39, 0.29) is 5.54 Å². The van der Waals surface area contributed by atoms with E-state index in [1.807, 2.05) is 0 Å². The fraction of sp³-hybridized carbons (Fsp3) is 1.00. The molecule has 0 bridgehead atoms. The molecule has 1 saturated heterocycles. The van der Waals surface area contributed by atoms with Crippen molar-refractivity contribution < 1.29 is 4.74 Å². The van der Waals surface area contributed by atoms with Gasteiger partial charge >= 0.3 is 0 Å². The van der Waals surface area contributed by atoms with Gasteiger partial charge in [-0.3, -0.25) is 0 Å². The van der Waals surface area contributed by atoms with Gasteiger partial charge in [-0.2, -0.15) is 0 Å². The zero-order valence-electron chi connectivity index (χ0n) is 14.0. The Bertz CT molecular complexity index is 288. The second-order valence-corrected chi connectivity index (χ2v) is 8.21. The summed E-state index contributed by atoms with van der Waals surface area (Å²) >= 11 is 0. The fourth-order valence-corrected chi connectivity index (χ4v) is 3.40. The van der Waals surface area contributed by atoms with Crippen LogP contribution in [-0.2, 0) is 4.74 Å². The Labute approximate surface area is 125 Å². The van der Waals surface area contributed by atoms with E-state index in [0.29, 0.717) is 5.41 Å². The summed E-state index contributed by atoms with van der Waals surface area (Å²) in [5.41, 5.74) is 0.613. The van der Waals surface area contributed by atoms with Gasteiger partial charge in [-0.05, 0) is 64.8 Å². The van der Waals surface area contributed by atoms with Gasteiger partial charge in [-0.1, -0.05) is 6.42 Å². The second-order valence-electron chi connectivity index (χ2n) is 8.21. The maximum atomic E-state index is 5.61. The number of ether oxygens (including phenoxy) is 1. The smallest absolute Gasteiger partial charge is 0.0472 e. The van der Waals surface area contributed by atoms with Crippen LogP contribution in [0.25, 0.3) is 0 Å². The molecule has 0 amide bonds. The minimum atomic E-state index is 0.206. The van der Waals surface area contributed by atoms with Crippen molar-refractivity contribution in [2.45, 2.75) is 58.4 Å². The Kier molecular flexibility index (Phi) is 5.49. The van der Waals surface area contributed by atoms with E-state index in [9.17, 15) is 0 Å². The van der Waals surface area contributed by atoms with Crippen molar-refractivity contribution in [3.05, 3.63) is 0 Å². The molecule has 20 heavy (non-hydrogen) atoms. The molecule has 1 N–H and O–H groups in total. The summed E-state index contributed by atoms with van der Waals surface area (Å²) in [5, 5.41) is 3.74. The number of nitrogens with zero attached hydrogens (tertiary/aromatic N) is 1. The van der Waals surface area contributed by atoms with Gasteiger partial charge in [0.2, 0.25) is 0 Å². The van der Waals surface area contributed by atoms with Crippen LogP contribution in [0.15, 0.2) is 0 Å². The van der Waals surface area contributed by atoms with E-state index in [2.05, 4.69) is 38.0 Å². The summed E-state index contributed by atoms with van der Waals surface area (Å²) in [6.45, 7) is 12.3. The summed E-state index contributed by atoms with van der Waals surface area (Å²) in [6, 6.07) is 0. The first-order valence-electron chi connectivity index (χ1n) is 8.40. The monoisotopic (exact) mass is 282 g/mol.